The molecule has 1 aliphatic rings. The maximum atomic E-state index is 11.4. The number of hydrogen-bond acceptors (Lipinski definition) is 7. The minimum absolute atomic E-state index is 0.0296. The molecule has 142 valence electrons. The molecule has 1 saturated carbocycles. The quantitative estimate of drug-likeness (QED) is 0.577. The largest absolute Gasteiger partial charge is 0.441 e. The lowest BCUT2D eigenvalue weighted by molar-refractivity contribution is -0.121. The molecule has 1 fully saturated rings. The van der Waals surface area contributed by atoms with Gasteiger partial charge in [-0.2, -0.15) is 4.68 Å². The molecule has 1 aliphatic carbocycles. The molecule has 0 unspecified atom stereocenters. The first-order valence-corrected chi connectivity index (χ1v) is 9.31. The lowest BCUT2D eigenvalue weighted by Gasteiger charge is -2.08. The van der Waals surface area contributed by atoms with Crippen LogP contribution in [-0.4, -0.2) is 35.9 Å². The number of benzene rings is 1. The normalized spacial score (nSPS) is 19.6. The molecule has 0 saturated heterocycles. The summed E-state index contributed by atoms with van der Waals surface area (Å²) in [5.74, 6) is 1.47. The molecule has 9 heteroatoms. The molecule has 4 aromatic rings. The van der Waals surface area contributed by atoms with Crippen LogP contribution in [0.5, 0.6) is 0 Å². The van der Waals surface area contributed by atoms with E-state index in [1.807, 2.05) is 25.1 Å². The van der Waals surface area contributed by atoms with Crippen molar-refractivity contribution in [2.24, 2.45) is 17.6 Å². The molecule has 0 aliphatic heterocycles. The van der Waals surface area contributed by atoms with Crippen LogP contribution in [0.25, 0.3) is 28.0 Å². The number of nitrogens with zero attached hydrogens (tertiary/aromatic N) is 6. The van der Waals surface area contributed by atoms with E-state index in [-0.39, 0.29) is 11.8 Å². The van der Waals surface area contributed by atoms with Crippen molar-refractivity contribution in [2.75, 3.05) is 0 Å². The monoisotopic (exact) mass is 377 g/mol. The average Bonchev–Trinajstić information content (AvgIpc) is 3.38. The van der Waals surface area contributed by atoms with E-state index in [4.69, 9.17) is 15.1 Å². The number of primary amides is 1. The second-order valence-electron chi connectivity index (χ2n) is 7.36. The SMILES string of the molecule is Cc1nc2ccc(-n3nnc4cnc(C[C@@H]5CC[C@H](C(N)=O)C5)nc43)cc2o1. The second kappa shape index (κ2) is 6.36. The summed E-state index contributed by atoms with van der Waals surface area (Å²) >= 11 is 0. The van der Waals surface area contributed by atoms with Crippen molar-refractivity contribution in [3.05, 3.63) is 36.1 Å². The lowest BCUT2D eigenvalue weighted by Crippen LogP contribution is -2.21. The van der Waals surface area contributed by atoms with Crippen molar-refractivity contribution in [3.63, 3.8) is 0 Å². The van der Waals surface area contributed by atoms with Crippen LogP contribution in [0.3, 0.4) is 0 Å². The highest BCUT2D eigenvalue weighted by molar-refractivity contribution is 5.78. The zero-order chi connectivity index (χ0) is 19.3. The van der Waals surface area contributed by atoms with E-state index in [9.17, 15) is 4.79 Å². The van der Waals surface area contributed by atoms with Gasteiger partial charge in [0.05, 0.1) is 11.9 Å². The number of carbonyl (C=O) groups excluding carboxylic acids is 1. The summed E-state index contributed by atoms with van der Waals surface area (Å²) in [7, 11) is 0. The van der Waals surface area contributed by atoms with Crippen LogP contribution in [0.2, 0.25) is 0 Å². The maximum absolute atomic E-state index is 11.4. The fraction of sp³-hybridized carbons (Fsp3) is 0.368. The van der Waals surface area contributed by atoms with Crippen LogP contribution in [0.1, 0.15) is 31.0 Å². The van der Waals surface area contributed by atoms with Gasteiger partial charge in [0.25, 0.3) is 0 Å². The first-order valence-electron chi connectivity index (χ1n) is 9.31. The standard InChI is InChI=1S/C19H19N7O2/c1-10-22-14-5-4-13(8-16(14)28-10)26-19-15(24-25-26)9-21-17(23-19)7-11-2-3-12(6-11)18(20)27/h4-5,8-9,11-12H,2-3,6-7H2,1H3,(H2,20,27)/t11-,12+/m1/s1. The predicted octanol–water partition coefficient (Wildman–Crippen LogP) is 2.10. The molecule has 5 rings (SSSR count). The minimum atomic E-state index is -0.209. The summed E-state index contributed by atoms with van der Waals surface area (Å²) < 4.78 is 7.30. The zero-order valence-corrected chi connectivity index (χ0v) is 15.4. The van der Waals surface area contributed by atoms with Crippen LogP contribution in [-0.2, 0) is 11.2 Å². The minimum Gasteiger partial charge on any atom is -0.441 e. The Morgan fingerprint density at radius 2 is 2.18 bits per heavy atom. The van der Waals surface area contributed by atoms with Gasteiger partial charge in [-0.3, -0.25) is 4.79 Å². The van der Waals surface area contributed by atoms with Gasteiger partial charge in [-0.1, -0.05) is 5.21 Å². The fourth-order valence-corrected chi connectivity index (χ4v) is 3.97. The number of amides is 1. The van der Waals surface area contributed by atoms with Gasteiger partial charge in [-0.05, 0) is 37.3 Å². The van der Waals surface area contributed by atoms with Crippen LogP contribution in [0, 0.1) is 18.8 Å². The van der Waals surface area contributed by atoms with E-state index >= 15 is 0 Å². The highest BCUT2D eigenvalue weighted by Crippen LogP contribution is 2.32. The van der Waals surface area contributed by atoms with Crippen molar-refractivity contribution >= 4 is 28.2 Å². The highest BCUT2D eigenvalue weighted by Gasteiger charge is 2.29. The van der Waals surface area contributed by atoms with Crippen LogP contribution in [0.4, 0.5) is 0 Å². The number of oxazole rings is 1. The topological polar surface area (TPSA) is 126 Å². The summed E-state index contributed by atoms with van der Waals surface area (Å²) in [4.78, 5) is 24.8. The number of nitrogens with two attached hydrogens (primary N) is 1. The Balaban J connectivity index is 1.47. The van der Waals surface area contributed by atoms with Crippen LogP contribution in [0.15, 0.2) is 28.8 Å². The predicted molar refractivity (Wildman–Crippen MR) is 100 cm³/mol. The van der Waals surface area contributed by atoms with Gasteiger partial charge < -0.3 is 10.2 Å². The summed E-state index contributed by atoms with van der Waals surface area (Å²) in [6.45, 7) is 1.82. The molecule has 3 aromatic heterocycles. The number of rotatable bonds is 4. The fourth-order valence-electron chi connectivity index (χ4n) is 3.97. The van der Waals surface area contributed by atoms with E-state index in [2.05, 4.69) is 20.3 Å². The van der Waals surface area contributed by atoms with Crippen LogP contribution < -0.4 is 5.73 Å². The summed E-state index contributed by atoms with van der Waals surface area (Å²) in [5.41, 5.74) is 8.99. The number of hydrogen-bond donors (Lipinski definition) is 1. The Labute approximate surface area is 160 Å². The van der Waals surface area contributed by atoms with Gasteiger partial charge >= 0.3 is 0 Å². The maximum Gasteiger partial charge on any atom is 0.220 e. The highest BCUT2D eigenvalue weighted by atomic mass is 16.3. The Hall–Kier alpha value is -3.36. The Morgan fingerprint density at radius 1 is 1.29 bits per heavy atom. The van der Waals surface area contributed by atoms with Gasteiger partial charge in [-0.25, -0.2) is 15.0 Å². The lowest BCUT2D eigenvalue weighted by atomic mass is 10.0. The van der Waals surface area contributed by atoms with Crippen molar-refractivity contribution < 1.29 is 9.21 Å². The van der Waals surface area contributed by atoms with Gasteiger partial charge in [0.15, 0.2) is 22.6 Å². The van der Waals surface area contributed by atoms with Crippen molar-refractivity contribution in [2.45, 2.75) is 32.6 Å². The third-order valence-electron chi connectivity index (χ3n) is 5.38. The summed E-state index contributed by atoms with van der Waals surface area (Å²) in [6, 6.07) is 5.67. The number of carbonyl (C=O) groups is 1. The van der Waals surface area contributed by atoms with Crippen molar-refractivity contribution in [1.82, 2.24) is 29.9 Å². The summed E-state index contributed by atoms with van der Waals surface area (Å²) in [5, 5.41) is 8.40. The first kappa shape index (κ1) is 16.8. The molecule has 1 amide bonds. The first-order chi connectivity index (χ1) is 13.6. The number of aryl methyl sites for hydroxylation is 1. The van der Waals surface area contributed by atoms with E-state index < -0.39 is 0 Å². The molecule has 0 spiro atoms. The third-order valence-corrected chi connectivity index (χ3v) is 5.38. The molecular formula is C19H19N7O2. The molecule has 3 heterocycles. The molecule has 1 aromatic carbocycles. The van der Waals surface area contributed by atoms with E-state index in [1.165, 1.54) is 0 Å². The Kier molecular flexibility index (Phi) is 3.81. The molecule has 0 radical (unpaired) electrons. The smallest absolute Gasteiger partial charge is 0.220 e. The number of fused-ring (bicyclic) bond motifs is 2. The van der Waals surface area contributed by atoms with Gasteiger partial charge in [0, 0.05) is 25.3 Å². The Morgan fingerprint density at radius 3 is 3.00 bits per heavy atom. The molecule has 9 nitrogen and oxygen atoms in total. The molecular weight excluding hydrogens is 358 g/mol. The Bertz CT molecular complexity index is 1200. The molecule has 28 heavy (non-hydrogen) atoms. The van der Waals surface area contributed by atoms with Crippen molar-refractivity contribution in [1.29, 1.82) is 0 Å². The van der Waals surface area contributed by atoms with Crippen molar-refractivity contribution in [3.8, 4) is 5.69 Å². The van der Waals surface area contributed by atoms with E-state index in [1.54, 1.807) is 10.9 Å². The van der Waals surface area contributed by atoms with Crippen LogP contribution >= 0.6 is 0 Å². The average molecular weight is 377 g/mol. The molecule has 2 atom stereocenters. The zero-order valence-electron chi connectivity index (χ0n) is 15.4. The van der Waals surface area contributed by atoms with E-state index in [0.29, 0.717) is 35.0 Å². The van der Waals surface area contributed by atoms with Gasteiger partial charge in [0.1, 0.15) is 11.3 Å². The van der Waals surface area contributed by atoms with Gasteiger partial charge in [0.2, 0.25) is 5.91 Å². The van der Waals surface area contributed by atoms with Gasteiger partial charge in [-0.15, -0.1) is 5.10 Å². The molecule has 2 N–H and O–H groups in total. The summed E-state index contributed by atoms with van der Waals surface area (Å²) in [6.07, 6.45) is 5.02. The second-order valence-corrected chi connectivity index (χ2v) is 7.36. The van der Waals surface area contributed by atoms with E-state index in [0.717, 1.165) is 36.3 Å². The number of aromatic nitrogens is 6. The third kappa shape index (κ3) is 2.88. The molecule has 0 bridgehead atoms.